The third kappa shape index (κ3) is 4.31. The SMILES string of the molecule is Nc1ccccc1CC(=O)NCCCCO. The zero-order valence-corrected chi connectivity index (χ0v) is 9.28. The number of carbonyl (C=O) groups is 1. The molecule has 0 radical (unpaired) electrons. The van der Waals surface area contributed by atoms with Crippen molar-refractivity contribution >= 4 is 11.6 Å². The van der Waals surface area contributed by atoms with Crippen molar-refractivity contribution in [3.05, 3.63) is 29.8 Å². The summed E-state index contributed by atoms with van der Waals surface area (Å²) in [5.41, 5.74) is 7.23. The van der Waals surface area contributed by atoms with Crippen LogP contribution in [0.4, 0.5) is 5.69 Å². The van der Waals surface area contributed by atoms with Gasteiger partial charge in [-0.25, -0.2) is 0 Å². The Labute approximate surface area is 95.5 Å². The summed E-state index contributed by atoms with van der Waals surface area (Å²) >= 11 is 0. The first kappa shape index (κ1) is 12.5. The standard InChI is InChI=1S/C12H18N2O2/c13-11-6-2-1-5-10(11)9-12(16)14-7-3-4-8-15/h1-2,5-6,15H,3-4,7-9,13H2,(H,14,16). The van der Waals surface area contributed by atoms with E-state index in [0.717, 1.165) is 12.0 Å². The van der Waals surface area contributed by atoms with Gasteiger partial charge in [-0.05, 0) is 24.5 Å². The van der Waals surface area contributed by atoms with Crippen LogP contribution < -0.4 is 11.1 Å². The van der Waals surface area contributed by atoms with Crippen molar-refractivity contribution in [3.8, 4) is 0 Å². The van der Waals surface area contributed by atoms with Gasteiger partial charge in [0.1, 0.15) is 0 Å². The molecule has 88 valence electrons. The minimum atomic E-state index is -0.0316. The molecule has 0 saturated carbocycles. The number of nitrogens with one attached hydrogen (secondary N) is 1. The maximum Gasteiger partial charge on any atom is 0.224 e. The first-order valence-electron chi connectivity index (χ1n) is 5.45. The Morgan fingerprint density at radius 1 is 1.31 bits per heavy atom. The van der Waals surface area contributed by atoms with Crippen LogP contribution in [0.25, 0.3) is 0 Å². The number of benzene rings is 1. The molecule has 0 aromatic heterocycles. The second-order valence-corrected chi connectivity index (χ2v) is 3.66. The summed E-state index contributed by atoms with van der Waals surface area (Å²) in [6.07, 6.45) is 1.83. The first-order chi connectivity index (χ1) is 7.74. The van der Waals surface area contributed by atoms with Crippen molar-refractivity contribution in [2.24, 2.45) is 0 Å². The number of unbranched alkanes of at least 4 members (excludes halogenated alkanes) is 1. The van der Waals surface area contributed by atoms with Crippen LogP contribution in [0.2, 0.25) is 0 Å². The minimum absolute atomic E-state index is 0.0316. The van der Waals surface area contributed by atoms with Gasteiger partial charge in [-0.15, -0.1) is 0 Å². The Morgan fingerprint density at radius 3 is 2.75 bits per heavy atom. The topological polar surface area (TPSA) is 75.4 Å². The molecule has 4 N–H and O–H groups in total. The fourth-order valence-electron chi connectivity index (χ4n) is 1.40. The summed E-state index contributed by atoms with van der Waals surface area (Å²) in [4.78, 5) is 11.5. The van der Waals surface area contributed by atoms with Crippen molar-refractivity contribution < 1.29 is 9.90 Å². The Morgan fingerprint density at radius 2 is 2.06 bits per heavy atom. The molecule has 0 unspecified atom stereocenters. The number of rotatable bonds is 6. The van der Waals surface area contributed by atoms with Gasteiger partial charge in [-0.1, -0.05) is 18.2 Å². The van der Waals surface area contributed by atoms with Crippen LogP contribution in [-0.2, 0) is 11.2 Å². The van der Waals surface area contributed by atoms with E-state index in [4.69, 9.17) is 10.8 Å². The van der Waals surface area contributed by atoms with E-state index in [1.165, 1.54) is 0 Å². The summed E-state index contributed by atoms with van der Waals surface area (Å²) in [5.74, 6) is -0.0316. The van der Waals surface area contributed by atoms with Gasteiger partial charge in [0.2, 0.25) is 5.91 Å². The smallest absolute Gasteiger partial charge is 0.224 e. The van der Waals surface area contributed by atoms with E-state index < -0.39 is 0 Å². The predicted octanol–water partition coefficient (Wildman–Crippen LogP) is 0.700. The fraction of sp³-hybridized carbons (Fsp3) is 0.417. The van der Waals surface area contributed by atoms with Crippen molar-refractivity contribution in [2.45, 2.75) is 19.3 Å². The van der Waals surface area contributed by atoms with Crippen LogP contribution in [0.15, 0.2) is 24.3 Å². The van der Waals surface area contributed by atoms with Crippen LogP contribution in [0.3, 0.4) is 0 Å². The molecule has 4 nitrogen and oxygen atoms in total. The largest absolute Gasteiger partial charge is 0.398 e. The third-order valence-electron chi connectivity index (χ3n) is 2.31. The summed E-state index contributed by atoms with van der Waals surface area (Å²) in [7, 11) is 0. The molecular weight excluding hydrogens is 204 g/mol. The molecule has 1 amide bonds. The van der Waals surface area contributed by atoms with Crippen molar-refractivity contribution in [3.63, 3.8) is 0 Å². The number of nitrogens with two attached hydrogens (primary N) is 1. The number of aliphatic hydroxyl groups is 1. The van der Waals surface area contributed by atoms with Gasteiger partial charge < -0.3 is 16.2 Å². The summed E-state index contributed by atoms with van der Waals surface area (Å²) in [5, 5.41) is 11.4. The third-order valence-corrected chi connectivity index (χ3v) is 2.31. The molecule has 16 heavy (non-hydrogen) atoms. The highest BCUT2D eigenvalue weighted by atomic mass is 16.2. The van der Waals surface area contributed by atoms with Crippen LogP contribution in [0.5, 0.6) is 0 Å². The molecule has 1 aromatic rings. The molecule has 0 aliphatic rings. The van der Waals surface area contributed by atoms with E-state index in [2.05, 4.69) is 5.32 Å². The first-order valence-corrected chi connectivity index (χ1v) is 5.45. The number of hydrogen-bond donors (Lipinski definition) is 3. The Hall–Kier alpha value is -1.55. The fourth-order valence-corrected chi connectivity index (χ4v) is 1.40. The molecule has 0 heterocycles. The maximum absolute atomic E-state index is 11.5. The number of carbonyl (C=O) groups excluding carboxylic acids is 1. The van der Waals surface area contributed by atoms with Gasteiger partial charge in [0, 0.05) is 18.8 Å². The molecule has 0 atom stereocenters. The lowest BCUT2D eigenvalue weighted by Crippen LogP contribution is -2.26. The summed E-state index contributed by atoms with van der Waals surface area (Å²) in [6, 6.07) is 7.35. The second kappa shape index (κ2) is 6.85. The lowest BCUT2D eigenvalue weighted by molar-refractivity contribution is -0.120. The maximum atomic E-state index is 11.5. The second-order valence-electron chi connectivity index (χ2n) is 3.66. The molecule has 1 aromatic carbocycles. The zero-order valence-electron chi connectivity index (χ0n) is 9.28. The highest BCUT2D eigenvalue weighted by Crippen LogP contribution is 2.10. The van der Waals surface area contributed by atoms with E-state index in [1.807, 2.05) is 18.2 Å². The molecular formula is C12H18N2O2. The van der Waals surface area contributed by atoms with Crippen LogP contribution >= 0.6 is 0 Å². The highest BCUT2D eigenvalue weighted by Gasteiger charge is 2.04. The Kier molecular flexibility index (Phi) is 5.36. The minimum Gasteiger partial charge on any atom is -0.398 e. The van der Waals surface area contributed by atoms with Gasteiger partial charge in [0.25, 0.3) is 0 Å². The number of aliphatic hydroxyl groups excluding tert-OH is 1. The average molecular weight is 222 g/mol. The molecule has 0 aliphatic heterocycles. The Balaban J connectivity index is 2.32. The highest BCUT2D eigenvalue weighted by molar-refractivity contribution is 5.80. The monoisotopic (exact) mass is 222 g/mol. The van der Waals surface area contributed by atoms with E-state index in [1.54, 1.807) is 6.07 Å². The molecule has 0 saturated heterocycles. The lowest BCUT2D eigenvalue weighted by Gasteiger charge is -2.06. The number of nitrogen functional groups attached to an aromatic ring is 1. The summed E-state index contributed by atoms with van der Waals surface area (Å²) < 4.78 is 0. The van der Waals surface area contributed by atoms with Crippen LogP contribution in [0, 0.1) is 0 Å². The predicted molar refractivity (Wildman–Crippen MR) is 63.9 cm³/mol. The normalized spacial score (nSPS) is 10.1. The van der Waals surface area contributed by atoms with Gasteiger partial charge in [0.15, 0.2) is 0 Å². The quantitative estimate of drug-likeness (QED) is 0.490. The Bertz CT molecular complexity index is 340. The van der Waals surface area contributed by atoms with Crippen molar-refractivity contribution in [1.29, 1.82) is 0 Å². The van der Waals surface area contributed by atoms with Gasteiger partial charge in [-0.3, -0.25) is 4.79 Å². The molecule has 0 bridgehead atoms. The van der Waals surface area contributed by atoms with E-state index in [9.17, 15) is 4.79 Å². The van der Waals surface area contributed by atoms with E-state index in [0.29, 0.717) is 25.1 Å². The van der Waals surface area contributed by atoms with Gasteiger partial charge in [-0.2, -0.15) is 0 Å². The molecule has 0 aliphatic carbocycles. The van der Waals surface area contributed by atoms with Gasteiger partial charge >= 0.3 is 0 Å². The van der Waals surface area contributed by atoms with E-state index >= 15 is 0 Å². The molecule has 0 fully saturated rings. The number of hydrogen-bond acceptors (Lipinski definition) is 3. The van der Waals surface area contributed by atoms with E-state index in [-0.39, 0.29) is 12.5 Å². The average Bonchev–Trinajstić information content (AvgIpc) is 2.28. The van der Waals surface area contributed by atoms with Crippen LogP contribution in [0.1, 0.15) is 18.4 Å². The molecule has 1 rings (SSSR count). The van der Waals surface area contributed by atoms with Crippen LogP contribution in [-0.4, -0.2) is 24.2 Å². The number of para-hydroxylation sites is 1. The van der Waals surface area contributed by atoms with Crippen molar-refractivity contribution in [1.82, 2.24) is 5.32 Å². The molecule has 0 spiro atoms. The molecule has 4 heteroatoms. The van der Waals surface area contributed by atoms with Gasteiger partial charge in [0.05, 0.1) is 6.42 Å². The summed E-state index contributed by atoms with van der Waals surface area (Å²) in [6.45, 7) is 0.771. The number of amides is 1. The zero-order chi connectivity index (χ0) is 11.8. The number of anilines is 1. The van der Waals surface area contributed by atoms with Crippen molar-refractivity contribution in [2.75, 3.05) is 18.9 Å². The lowest BCUT2D eigenvalue weighted by atomic mass is 10.1.